The van der Waals surface area contributed by atoms with Gasteiger partial charge in [0.1, 0.15) is 0 Å². The van der Waals surface area contributed by atoms with Gasteiger partial charge in [0.15, 0.2) is 0 Å². The Hall–Kier alpha value is 0.01000. The Labute approximate surface area is 86.2 Å². The Balaban J connectivity index is 2.72. The van der Waals surface area contributed by atoms with Crippen LogP contribution in [0.3, 0.4) is 0 Å². The lowest BCUT2D eigenvalue weighted by atomic mass is 10.2. The second-order valence-electron chi connectivity index (χ2n) is 2.51. The highest BCUT2D eigenvalue weighted by Crippen LogP contribution is 2.22. The summed E-state index contributed by atoms with van der Waals surface area (Å²) < 4.78 is 4.37. The van der Waals surface area contributed by atoms with Gasteiger partial charge in [-0.3, -0.25) is 4.72 Å². The van der Waals surface area contributed by atoms with E-state index < -0.39 is 0 Å². The third-order valence-electron chi connectivity index (χ3n) is 1.46. The molecule has 1 nitrogen and oxygen atoms in total. The molecule has 0 radical (unpaired) electrons. The Bertz CT molecular complexity index is 263. The van der Waals surface area contributed by atoms with Crippen molar-refractivity contribution < 1.29 is 0 Å². The summed E-state index contributed by atoms with van der Waals surface area (Å²) in [6.45, 7) is 5.20. The van der Waals surface area contributed by atoms with Crippen molar-refractivity contribution in [3.8, 4) is 0 Å². The Morgan fingerprint density at radius 2 is 2.25 bits per heavy atom. The molecule has 3 heteroatoms. The maximum absolute atomic E-state index is 3.43. The molecule has 0 aliphatic rings. The quantitative estimate of drug-likeness (QED) is 0.820. The number of hydrogen-bond donors (Lipinski definition) is 1. The van der Waals surface area contributed by atoms with Gasteiger partial charge >= 0.3 is 0 Å². The zero-order chi connectivity index (χ0) is 8.97. The van der Waals surface area contributed by atoms with Crippen LogP contribution in [0, 0.1) is 6.92 Å². The van der Waals surface area contributed by atoms with Gasteiger partial charge in [-0.05, 0) is 42.6 Å². The van der Waals surface area contributed by atoms with Crippen molar-refractivity contribution in [2.75, 3.05) is 6.54 Å². The molecule has 0 heterocycles. The van der Waals surface area contributed by atoms with E-state index >= 15 is 0 Å². The van der Waals surface area contributed by atoms with Gasteiger partial charge in [0.2, 0.25) is 0 Å². The summed E-state index contributed by atoms with van der Waals surface area (Å²) in [5, 5.41) is 0. The lowest BCUT2D eigenvalue weighted by Crippen LogP contribution is -2.00. The normalized spacial score (nSPS) is 10.2. The Morgan fingerprint density at radius 3 is 2.83 bits per heavy atom. The van der Waals surface area contributed by atoms with Crippen LogP contribution in [-0.4, -0.2) is 6.54 Å². The minimum absolute atomic E-state index is 0.986. The molecule has 0 saturated carbocycles. The molecule has 0 fully saturated rings. The van der Waals surface area contributed by atoms with Crippen molar-refractivity contribution in [3.63, 3.8) is 0 Å². The first-order chi connectivity index (χ1) is 5.74. The fourth-order valence-corrected chi connectivity index (χ4v) is 2.01. The van der Waals surface area contributed by atoms with Gasteiger partial charge in [0, 0.05) is 15.9 Å². The van der Waals surface area contributed by atoms with Crippen molar-refractivity contribution in [2.24, 2.45) is 0 Å². The average molecular weight is 246 g/mol. The maximum atomic E-state index is 3.43. The van der Waals surface area contributed by atoms with E-state index in [1.807, 2.05) is 0 Å². The maximum Gasteiger partial charge on any atom is 0.0258 e. The fraction of sp³-hybridized carbons (Fsp3) is 0.333. The smallest absolute Gasteiger partial charge is 0.0258 e. The van der Waals surface area contributed by atoms with E-state index in [1.165, 1.54) is 10.5 Å². The number of aryl methyl sites for hydroxylation is 1. The van der Waals surface area contributed by atoms with Gasteiger partial charge in [0.05, 0.1) is 0 Å². The number of halogens is 1. The van der Waals surface area contributed by atoms with Crippen molar-refractivity contribution in [3.05, 3.63) is 28.2 Å². The van der Waals surface area contributed by atoms with Gasteiger partial charge in [-0.2, -0.15) is 0 Å². The van der Waals surface area contributed by atoms with Crippen molar-refractivity contribution in [1.29, 1.82) is 0 Å². The average Bonchev–Trinajstić information content (AvgIpc) is 2.03. The summed E-state index contributed by atoms with van der Waals surface area (Å²) in [6, 6.07) is 6.30. The highest BCUT2D eigenvalue weighted by Gasteiger charge is 1.97. The fourth-order valence-electron chi connectivity index (χ4n) is 0.877. The zero-order valence-electron chi connectivity index (χ0n) is 7.23. The minimum atomic E-state index is 0.986. The largest absolute Gasteiger partial charge is 0.260 e. The molecule has 0 atom stereocenters. The molecule has 12 heavy (non-hydrogen) atoms. The van der Waals surface area contributed by atoms with Crippen LogP contribution in [-0.2, 0) is 0 Å². The van der Waals surface area contributed by atoms with E-state index in [0.717, 1.165) is 11.0 Å². The summed E-state index contributed by atoms with van der Waals surface area (Å²) >= 11 is 5.12. The molecule has 1 aromatic rings. The van der Waals surface area contributed by atoms with Crippen molar-refractivity contribution in [1.82, 2.24) is 4.72 Å². The molecule has 0 aromatic heterocycles. The van der Waals surface area contributed by atoms with Crippen LogP contribution in [0.25, 0.3) is 0 Å². The first kappa shape index (κ1) is 10.1. The molecule has 1 N–H and O–H groups in total. The first-order valence-corrected chi connectivity index (χ1v) is 5.51. The monoisotopic (exact) mass is 245 g/mol. The van der Waals surface area contributed by atoms with Crippen LogP contribution in [0.2, 0.25) is 0 Å². The second-order valence-corrected chi connectivity index (χ2v) is 4.36. The highest BCUT2D eigenvalue weighted by atomic mass is 79.9. The number of benzene rings is 1. The van der Waals surface area contributed by atoms with E-state index in [9.17, 15) is 0 Å². The van der Waals surface area contributed by atoms with Crippen molar-refractivity contribution in [2.45, 2.75) is 18.7 Å². The molecule has 1 rings (SSSR count). The molecule has 0 aliphatic carbocycles. The van der Waals surface area contributed by atoms with Crippen LogP contribution in [0.4, 0.5) is 0 Å². The van der Waals surface area contributed by atoms with Crippen LogP contribution < -0.4 is 4.72 Å². The second kappa shape index (κ2) is 4.90. The van der Waals surface area contributed by atoms with E-state index in [4.69, 9.17) is 0 Å². The van der Waals surface area contributed by atoms with Gasteiger partial charge < -0.3 is 0 Å². The summed E-state index contributed by atoms with van der Waals surface area (Å²) in [7, 11) is 0. The van der Waals surface area contributed by atoms with E-state index in [1.54, 1.807) is 11.9 Å². The molecule has 0 unspecified atom stereocenters. The minimum Gasteiger partial charge on any atom is -0.260 e. The van der Waals surface area contributed by atoms with Crippen LogP contribution in [0.5, 0.6) is 0 Å². The molecular formula is C9H12BrNS. The van der Waals surface area contributed by atoms with Crippen molar-refractivity contribution >= 4 is 27.9 Å². The SMILES string of the molecule is CCNSc1ccc(Br)cc1C. The van der Waals surface area contributed by atoms with Gasteiger partial charge in [-0.15, -0.1) is 0 Å². The number of hydrogen-bond acceptors (Lipinski definition) is 2. The molecule has 0 amide bonds. The van der Waals surface area contributed by atoms with Gasteiger partial charge in [-0.1, -0.05) is 22.9 Å². The van der Waals surface area contributed by atoms with Crippen LogP contribution in [0.15, 0.2) is 27.6 Å². The molecule has 66 valence electrons. The number of nitrogens with one attached hydrogen (secondary N) is 1. The summed E-state index contributed by atoms with van der Waals surface area (Å²) in [6.07, 6.45) is 0. The third kappa shape index (κ3) is 2.81. The molecule has 1 aromatic carbocycles. The summed E-state index contributed by atoms with van der Waals surface area (Å²) in [5.41, 5.74) is 1.30. The number of rotatable bonds is 3. The van der Waals surface area contributed by atoms with Crippen LogP contribution in [0.1, 0.15) is 12.5 Å². The van der Waals surface area contributed by atoms with E-state index in [2.05, 4.69) is 52.7 Å². The Kier molecular flexibility index (Phi) is 4.12. The molecule has 0 bridgehead atoms. The highest BCUT2D eigenvalue weighted by molar-refractivity contribution is 9.10. The molecule has 0 aliphatic heterocycles. The van der Waals surface area contributed by atoms with E-state index in [0.29, 0.717) is 0 Å². The molecule has 0 spiro atoms. The molecular weight excluding hydrogens is 234 g/mol. The van der Waals surface area contributed by atoms with Crippen LogP contribution >= 0.6 is 27.9 Å². The lowest BCUT2D eigenvalue weighted by Gasteiger charge is -2.04. The standard InChI is InChI=1S/C9H12BrNS/c1-3-11-12-9-5-4-8(10)6-7(9)2/h4-6,11H,3H2,1-2H3. The Morgan fingerprint density at radius 1 is 1.50 bits per heavy atom. The van der Waals surface area contributed by atoms with Gasteiger partial charge in [0.25, 0.3) is 0 Å². The molecule has 0 saturated heterocycles. The van der Waals surface area contributed by atoms with Gasteiger partial charge in [-0.25, -0.2) is 0 Å². The summed E-state index contributed by atoms with van der Waals surface area (Å²) in [5.74, 6) is 0. The zero-order valence-corrected chi connectivity index (χ0v) is 9.63. The lowest BCUT2D eigenvalue weighted by molar-refractivity contribution is 1.03. The topological polar surface area (TPSA) is 12.0 Å². The predicted molar refractivity (Wildman–Crippen MR) is 58.4 cm³/mol. The first-order valence-electron chi connectivity index (χ1n) is 3.90. The summed E-state index contributed by atoms with van der Waals surface area (Å²) in [4.78, 5) is 1.29. The third-order valence-corrected chi connectivity index (χ3v) is 3.07. The predicted octanol–water partition coefficient (Wildman–Crippen LogP) is 3.37. The van der Waals surface area contributed by atoms with E-state index in [-0.39, 0.29) is 0 Å².